The number of hydrogen-bond acceptors (Lipinski definition) is 6. The number of nitrogen functional groups attached to an aromatic ring is 1. The van der Waals surface area contributed by atoms with Crippen molar-refractivity contribution < 1.29 is 19.0 Å². The quantitative estimate of drug-likeness (QED) is 0.610. The monoisotopic (exact) mass is 464 g/mol. The smallest absolute Gasteiger partial charge is 0.415 e. The van der Waals surface area contributed by atoms with Crippen LogP contribution in [0.5, 0.6) is 11.5 Å². The predicted octanol–water partition coefficient (Wildman–Crippen LogP) is 3.62. The summed E-state index contributed by atoms with van der Waals surface area (Å²) >= 11 is 0. The fourth-order valence-corrected chi connectivity index (χ4v) is 4.67. The molecule has 34 heavy (non-hydrogen) atoms. The number of phenols is 1. The molecule has 1 unspecified atom stereocenters. The number of rotatable bonds is 4. The number of fused-ring (bicyclic) bond motifs is 1. The summed E-state index contributed by atoms with van der Waals surface area (Å²) in [4.78, 5) is 32.2. The summed E-state index contributed by atoms with van der Waals surface area (Å²) in [5, 5.41) is 9.38. The summed E-state index contributed by atoms with van der Waals surface area (Å²) in [5.41, 5.74) is 7.92. The molecule has 2 heterocycles. The standard InChI is InChI=1S/C25H25FN4O4/c26-17-6-4-16(5-7-17)22(15-2-1-3-15)30-23(32)20-12-13-29(14-21(20)28-24(30)27)25(33)34-19-10-8-18(31)9-11-19/h4-11,15,22,31H,1-3,12-14H2,(H2,27,28). The van der Waals surface area contributed by atoms with E-state index >= 15 is 0 Å². The lowest BCUT2D eigenvalue weighted by molar-refractivity contribution is 0.145. The SMILES string of the molecule is Nc1nc2c(c(=O)n1C(c1ccc(F)cc1)C1CCC1)CCN(C(=O)Oc1ccc(O)cc1)C2. The number of anilines is 1. The van der Waals surface area contributed by atoms with E-state index in [1.165, 1.54) is 41.3 Å². The first-order chi connectivity index (χ1) is 16.4. The van der Waals surface area contributed by atoms with Gasteiger partial charge >= 0.3 is 6.09 Å². The number of nitrogens with zero attached hydrogens (tertiary/aromatic N) is 3. The zero-order valence-corrected chi connectivity index (χ0v) is 18.5. The number of nitrogens with two attached hydrogens (primary N) is 1. The minimum Gasteiger partial charge on any atom is -0.508 e. The molecule has 1 saturated carbocycles. The molecule has 1 aliphatic carbocycles. The second kappa shape index (κ2) is 8.81. The van der Waals surface area contributed by atoms with Crippen molar-refractivity contribution >= 4 is 12.0 Å². The largest absolute Gasteiger partial charge is 0.508 e. The Labute approximate surface area is 195 Å². The van der Waals surface area contributed by atoms with Crippen LogP contribution in [0.15, 0.2) is 53.3 Å². The van der Waals surface area contributed by atoms with E-state index in [0.29, 0.717) is 30.0 Å². The Balaban J connectivity index is 1.43. The van der Waals surface area contributed by atoms with Gasteiger partial charge in [0.1, 0.15) is 17.3 Å². The van der Waals surface area contributed by atoms with Gasteiger partial charge in [-0.25, -0.2) is 14.2 Å². The highest BCUT2D eigenvalue weighted by Crippen LogP contribution is 2.40. The number of aromatic hydroxyl groups is 1. The second-order valence-electron chi connectivity index (χ2n) is 8.79. The average Bonchev–Trinajstić information content (AvgIpc) is 2.79. The molecule has 0 spiro atoms. The van der Waals surface area contributed by atoms with Crippen LogP contribution in [0, 0.1) is 11.7 Å². The fraction of sp³-hybridized carbons (Fsp3) is 0.320. The molecule has 8 nitrogen and oxygen atoms in total. The van der Waals surface area contributed by atoms with Crippen LogP contribution < -0.4 is 16.0 Å². The van der Waals surface area contributed by atoms with Crippen molar-refractivity contribution in [3.63, 3.8) is 0 Å². The van der Waals surface area contributed by atoms with Crippen LogP contribution in [-0.2, 0) is 13.0 Å². The number of benzene rings is 2. The van der Waals surface area contributed by atoms with Crippen molar-refractivity contribution in [2.24, 2.45) is 5.92 Å². The zero-order valence-electron chi connectivity index (χ0n) is 18.5. The van der Waals surface area contributed by atoms with Crippen molar-refractivity contribution in [3.05, 3.63) is 81.5 Å². The van der Waals surface area contributed by atoms with Gasteiger partial charge in [0, 0.05) is 12.1 Å². The van der Waals surface area contributed by atoms with Gasteiger partial charge in [0.15, 0.2) is 0 Å². The predicted molar refractivity (Wildman–Crippen MR) is 123 cm³/mol. The molecule has 1 atom stereocenters. The van der Waals surface area contributed by atoms with Crippen LogP contribution in [0.2, 0.25) is 0 Å². The Morgan fingerprint density at radius 1 is 1.15 bits per heavy atom. The third-order valence-corrected chi connectivity index (χ3v) is 6.68. The van der Waals surface area contributed by atoms with Gasteiger partial charge in [0.05, 0.1) is 18.3 Å². The molecule has 1 amide bonds. The molecule has 1 fully saturated rings. The maximum Gasteiger partial charge on any atom is 0.415 e. The van der Waals surface area contributed by atoms with E-state index in [-0.39, 0.29) is 41.6 Å². The first kappa shape index (κ1) is 21.9. The highest BCUT2D eigenvalue weighted by atomic mass is 19.1. The summed E-state index contributed by atoms with van der Waals surface area (Å²) in [5.74, 6) is 0.353. The fourth-order valence-electron chi connectivity index (χ4n) is 4.67. The molecule has 1 aliphatic heterocycles. The second-order valence-corrected chi connectivity index (χ2v) is 8.79. The zero-order chi connectivity index (χ0) is 23.8. The average molecular weight is 464 g/mol. The number of amides is 1. The molecule has 0 bridgehead atoms. The number of ether oxygens (including phenoxy) is 1. The summed E-state index contributed by atoms with van der Waals surface area (Å²) in [6.45, 7) is 0.409. The molecular weight excluding hydrogens is 439 g/mol. The van der Waals surface area contributed by atoms with Gasteiger partial charge in [-0.3, -0.25) is 9.36 Å². The van der Waals surface area contributed by atoms with Crippen molar-refractivity contribution in [3.8, 4) is 11.5 Å². The van der Waals surface area contributed by atoms with E-state index in [0.717, 1.165) is 24.8 Å². The minimum atomic E-state index is -0.570. The van der Waals surface area contributed by atoms with Crippen LogP contribution in [0.1, 0.15) is 42.1 Å². The van der Waals surface area contributed by atoms with Crippen molar-refractivity contribution in [2.75, 3.05) is 12.3 Å². The Hall–Kier alpha value is -3.88. The van der Waals surface area contributed by atoms with E-state index < -0.39 is 6.09 Å². The molecule has 5 rings (SSSR count). The highest BCUT2D eigenvalue weighted by Gasteiger charge is 2.34. The molecule has 2 aliphatic rings. The minimum absolute atomic E-state index is 0.0727. The van der Waals surface area contributed by atoms with Crippen LogP contribution in [0.25, 0.3) is 0 Å². The molecule has 176 valence electrons. The van der Waals surface area contributed by atoms with Gasteiger partial charge < -0.3 is 20.5 Å². The van der Waals surface area contributed by atoms with E-state index in [1.807, 2.05) is 0 Å². The van der Waals surface area contributed by atoms with Gasteiger partial charge in [-0.1, -0.05) is 18.6 Å². The first-order valence-corrected chi connectivity index (χ1v) is 11.3. The molecule has 2 aromatic carbocycles. The molecule has 3 aromatic rings. The maximum absolute atomic E-state index is 13.6. The van der Waals surface area contributed by atoms with Crippen LogP contribution in [0.4, 0.5) is 15.1 Å². The number of carbonyl (C=O) groups is 1. The van der Waals surface area contributed by atoms with E-state index in [2.05, 4.69) is 4.98 Å². The van der Waals surface area contributed by atoms with Crippen molar-refractivity contribution in [2.45, 2.75) is 38.3 Å². The summed E-state index contributed by atoms with van der Waals surface area (Å²) in [6, 6.07) is 11.7. The third-order valence-electron chi connectivity index (χ3n) is 6.68. The van der Waals surface area contributed by atoms with E-state index in [9.17, 15) is 19.1 Å². The molecular formula is C25H25FN4O4. The molecule has 0 radical (unpaired) electrons. The van der Waals surface area contributed by atoms with Gasteiger partial charge in [-0.15, -0.1) is 0 Å². The number of phenolic OH excluding ortho intramolecular Hbond substituents is 1. The normalized spacial score (nSPS) is 16.4. The van der Waals surface area contributed by atoms with Gasteiger partial charge in [-0.2, -0.15) is 0 Å². The molecule has 1 aromatic heterocycles. The van der Waals surface area contributed by atoms with Gasteiger partial charge in [-0.05, 0) is 67.1 Å². The summed E-state index contributed by atoms with van der Waals surface area (Å²) in [6.07, 6.45) is 2.75. The van der Waals surface area contributed by atoms with Gasteiger partial charge in [0.25, 0.3) is 5.56 Å². The third kappa shape index (κ3) is 4.09. The number of aromatic nitrogens is 2. The number of hydrogen-bond donors (Lipinski definition) is 2. The Bertz CT molecular complexity index is 1270. The number of carbonyl (C=O) groups excluding carboxylic acids is 1. The molecule has 9 heteroatoms. The van der Waals surface area contributed by atoms with Crippen molar-refractivity contribution in [1.82, 2.24) is 14.5 Å². The summed E-state index contributed by atoms with van der Waals surface area (Å²) < 4.78 is 20.4. The maximum atomic E-state index is 13.6. The van der Waals surface area contributed by atoms with Crippen LogP contribution in [0.3, 0.4) is 0 Å². The van der Waals surface area contributed by atoms with Crippen LogP contribution >= 0.6 is 0 Å². The Morgan fingerprint density at radius 2 is 1.85 bits per heavy atom. The number of halogens is 1. The lowest BCUT2D eigenvalue weighted by Crippen LogP contribution is -2.44. The lowest BCUT2D eigenvalue weighted by Gasteiger charge is -2.36. The van der Waals surface area contributed by atoms with E-state index in [1.54, 1.807) is 16.7 Å². The van der Waals surface area contributed by atoms with Crippen LogP contribution in [-0.4, -0.2) is 32.2 Å². The van der Waals surface area contributed by atoms with Crippen molar-refractivity contribution in [1.29, 1.82) is 0 Å². The molecule has 0 saturated heterocycles. The van der Waals surface area contributed by atoms with Gasteiger partial charge in [0.2, 0.25) is 5.95 Å². The first-order valence-electron chi connectivity index (χ1n) is 11.3. The lowest BCUT2D eigenvalue weighted by atomic mass is 9.77. The molecule has 3 N–H and O–H groups in total. The highest BCUT2D eigenvalue weighted by molar-refractivity contribution is 5.71. The Kier molecular flexibility index (Phi) is 5.69. The van der Waals surface area contributed by atoms with E-state index in [4.69, 9.17) is 10.5 Å². The topological polar surface area (TPSA) is 111 Å². The Morgan fingerprint density at radius 3 is 2.50 bits per heavy atom. The summed E-state index contributed by atoms with van der Waals surface area (Å²) in [7, 11) is 0.